The number of nitrogens with one attached hydrogen (secondary N) is 1. The summed E-state index contributed by atoms with van der Waals surface area (Å²) in [5.41, 5.74) is 1.71. The number of hydrogen-bond acceptors (Lipinski definition) is 5. The van der Waals surface area contributed by atoms with E-state index in [1.165, 1.54) is 30.3 Å². The lowest BCUT2D eigenvalue weighted by atomic mass is 10.0. The van der Waals surface area contributed by atoms with Gasteiger partial charge in [-0.3, -0.25) is 13.8 Å². The summed E-state index contributed by atoms with van der Waals surface area (Å²) in [5, 5.41) is 2.84. The molecule has 0 fully saturated rings. The molecule has 3 aromatic rings. The molecule has 154 valence electrons. The van der Waals surface area contributed by atoms with Gasteiger partial charge in [0.2, 0.25) is 0 Å². The van der Waals surface area contributed by atoms with Crippen LogP contribution in [0.3, 0.4) is 0 Å². The summed E-state index contributed by atoms with van der Waals surface area (Å²) in [6, 6.07) is 19.0. The number of halogens is 1. The Bertz CT molecular complexity index is 1180. The number of ketones is 1. The first-order chi connectivity index (χ1) is 14.3. The Morgan fingerprint density at radius 3 is 2.30 bits per heavy atom. The van der Waals surface area contributed by atoms with Crippen LogP contribution in [-0.4, -0.2) is 26.7 Å². The van der Waals surface area contributed by atoms with Gasteiger partial charge < -0.3 is 5.32 Å². The zero-order valence-corrected chi connectivity index (χ0v) is 17.5. The highest BCUT2D eigenvalue weighted by molar-refractivity contribution is 7.86. The predicted molar refractivity (Wildman–Crippen MR) is 114 cm³/mol. The van der Waals surface area contributed by atoms with Crippen LogP contribution < -0.4 is 5.32 Å². The predicted octanol–water partition coefficient (Wildman–Crippen LogP) is 4.22. The molecule has 1 amide bonds. The fourth-order valence-corrected chi connectivity index (χ4v) is 3.69. The van der Waals surface area contributed by atoms with Crippen LogP contribution in [0.2, 0.25) is 5.02 Å². The largest absolute Gasteiger partial charge is 0.323 e. The minimum atomic E-state index is -4.09. The molecule has 0 heterocycles. The van der Waals surface area contributed by atoms with Gasteiger partial charge in [0.15, 0.2) is 5.78 Å². The average Bonchev–Trinajstić information content (AvgIpc) is 2.74. The molecule has 0 aliphatic heterocycles. The fraction of sp³-hybridized carbons (Fsp3) is 0.0909. The molecule has 0 bridgehead atoms. The Labute approximate surface area is 179 Å². The maximum absolute atomic E-state index is 12.8. The monoisotopic (exact) mass is 443 g/mol. The Morgan fingerprint density at radius 1 is 0.967 bits per heavy atom. The van der Waals surface area contributed by atoms with Crippen LogP contribution >= 0.6 is 11.6 Å². The molecule has 8 heteroatoms. The van der Waals surface area contributed by atoms with Gasteiger partial charge in [0, 0.05) is 16.1 Å². The molecular weight excluding hydrogens is 426 g/mol. The second-order valence-electron chi connectivity index (χ2n) is 6.46. The van der Waals surface area contributed by atoms with Crippen LogP contribution in [0.4, 0.5) is 5.69 Å². The topological polar surface area (TPSA) is 89.5 Å². The summed E-state index contributed by atoms with van der Waals surface area (Å²) in [5.74, 6) is -1.06. The number of benzene rings is 3. The number of carbonyl (C=O) groups excluding carboxylic acids is 2. The van der Waals surface area contributed by atoms with Gasteiger partial charge in [0.1, 0.15) is 6.61 Å². The Hall–Kier alpha value is -3.00. The van der Waals surface area contributed by atoms with E-state index in [1.54, 1.807) is 42.5 Å². The van der Waals surface area contributed by atoms with Crippen molar-refractivity contribution in [2.45, 2.75) is 11.8 Å². The first-order valence-electron chi connectivity index (χ1n) is 8.91. The highest BCUT2D eigenvalue weighted by Gasteiger charge is 2.19. The zero-order chi connectivity index (χ0) is 21.7. The molecule has 0 aliphatic carbocycles. The average molecular weight is 444 g/mol. The minimum Gasteiger partial charge on any atom is -0.323 e. The number of hydrogen-bond donors (Lipinski definition) is 1. The standard InChI is InChI=1S/C22H18ClNO5S/c1-15-7-10-18(11-8-15)30(27,28)29-14-21(25)24-20-12-9-17(23)13-19(20)22(26)16-5-3-2-4-6-16/h2-13H,14H2,1H3,(H,24,25). The van der Waals surface area contributed by atoms with E-state index in [2.05, 4.69) is 5.32 Å². The third-order valence-electron chi connectivity index (χ3n) is 4.19. The molecule has 0 saturated heterocycles. The lowest BCUT2D eigenvalue weighted by molar-refractivity contribution is -0.118. The molecule has 30 heavy (non-hydrogen) atoms. The molecule has 6 nitrogen and oxygen atoms in total. The molecule has 0 spiro atoms. The number of carbonyl (C=O) groups is 2. The van der Waals surface area contributed by atoms with E-state index >= 15 is 0 Å². The van der Waals surface area contributed by atoms with Crippen LogP contribution in [0.5, 0.6) is 0 Å². The quantitative estimate of drug-likeness (QED) is 0.436. The maximum atomic E-state index is 12.8. The highest BCUT2D eigenvalue weighted by Crippen LogP contribution is 2.24. The van der Waals surface area contributed by atoms with Crippen molar-refractivity contribution >= 4 is 39.1 Å². The second kappa shape index (κ2) is 9.21. The van der Waals surface area contributed by atoms with Crippen molar-refractivity contribution in [3.63, 3.8) is 0 Å². The molecule has 0 unspecified atom stereocenters. The van der Waals surface area contributed by atoms with Gasteiger partial charge in [-0.1, -0.05) is 59.6 Å². The smallest absolute Gasteiger partial charge is 0.297 e. The van der Waals surface area contributed by atoms with E-state index in [4.69, 9.17) is 15.8 Å². The first-order valence-corrected chi connectivity index (χ1v) is 10.7. The van der Waals surface area contributed by atoms with Crippen molar-refractivity contribution in [1.29, 1.82) is 0 Å². The minimum absolute atomic E-state index is 0.0488. The number of amides is 1. The summed E-state index contributed by atoms with van der Waals surface area (Å²) in [6.45, 7) is 1.09. The Kier molecular flexibility index (Phi) is 6.66. The highest BCUT2D eigenvalue weighted by atomic mass is 35.5. The van der Waals surface area contributed by atoms with Gasteiger partial charge in [-0.2, -0.15) is 8.42 Å². The van der Waals surface area contributed by atoms with Gasteiger partial charge in [-0.05, 0) is 37.3 Å². The third kappa shape index (κ3) is 5.33. The second-order valence-corrected chi connectivity index (χ2v) is 8.51. The Morgan fingerprint density at radius 2 is 1.63 bits per heavy atom. The van der Waals surface area contributed by atoms with E-state index in [1.807, 2.05) is 6.92 Å². The van der Waals surface area contributed by atoms with Crippen molar-refractivity contribution in [3.05, 3.63) is 94.5 Å². The van der Waals surface area contributed by atoms with Crippen molar-refractivity contribution in [3.8, 4) is 0 Å². The van der Waals surface area contributed by atoms with E-state index < -0.39 is 22.6 Å². The summed E-state index contributed by atoms with van der Waals surface area (Å²) >= 11 is 6.02. The molecule has 0 aliphatic rings. The molecule has 0 aromatic heterocycles. The lowest BCUT2D eigenvalue weighted by Gasteiger charge is -2.12. The van der Waals surface area contributed by atoms with E-state index in [0.29, 0.717) is 10.6 Å². The van der Waals surface area contributed by atoms with Gasteiger partial charge in [0.25, 0.3) is 16.0 Å². The molecule has 3 aromatic carbocycles. The third-order valence-corrected chi connectivity index (χ3v) is 5.70. The summed E-state index contributed by atoms with van der Waals surface area (Å²) in [7, 11) is -4.09. The van der Waals surface area contributed by atoms with Crippen molar-refractivity contribution < 1.29 is 22.2 Å². The van der Waals surface area contributed by atoms with Gasteiger partial charge in [0.05, 0.1) is 10.6 Å². The molecule has 1 N–H and O–H groups in total. The lowest BCUT2D eigenvalue weighted by Crippen LogP contribution is -2.22. The SMILES string of the molecule is Cc1ccc(S(=O)(=O)OCC(=O)Nc2ccc(Cl)cc2C(=O)c2ccccc2)cc1. The first kappa shape index (κ1) is 21.7. The fourth-order valence-electron chi connectivity index (χ4n) is 2.65. The molecular formula is C22H18ClNO5S. The van der Waals surface area contributed by atoms with Crippen molar-refractivity contribution in [2.24, 2.45) is 0 Å². The van der Waals surface area contributed by atoms with Gasteiger partial charge in [-0.25, -0.2) is 0 Å². The van der Waals surface area contributed by atoms with E-state index in [0.717, 1.165) is 5.56 Å². The van der Waals surface area contributed by atoms with E-state index in [9.17, 15) is 18.0 Å². The van der Waals surface area contributed by atoms with E-state index in [-0.39, 0.29) is 21.9 Å². The van der Waals surface area contributed by atoms with Crippen LogP contribution in [0.25, 0.3) is 0 Å². The number of anilines is 1. The van der Waals surface area contributed by atoms with Crippen molar-refractivity contribution in [2.75, 3.05) is 11.9 Å². The van der Waals surface area contributed by atoms with Gasteiger partial charge in [-0.15, -0.1) is 0 Å². The van der Waals surface area contributed by atoms with Crippen LogP contribution in [-0.2, 0) is 19.1 Å². The normalized spacial score (nSPS) is 11.1. The van der Waals surface area contributed by atoms with Gasteiger partial charge >= 0.3 is 0 Å². The van der Waals surface area contributed by atoms with Crippen molar-refractivity contribution in [1.82, 2.24) is 0 Å². The molecule has 0 atom stereocenters. The van der Waals surface area contributed by atoms with Crippen LogP contribution in [0, 0.1) is 6.92 Å². The molecule has 0 saturated carbocycles. The number of aryl methyl sites for hydroxylation is 1. The summed E-state index contributed by atoms with van der Waals surface area (Å²) in [4.78, 5) is 25.0. The summed E-state index contributed by atoms with van der Waals surface area (Å²) < 4.78 is 29.3. The summed E-state index contributed by atoms with van der Waals surface area (Å²) in [6.07, 6.45) is 0. The van der Waals surface area contributed by atoms with Crippen LogP contribution in [0.15, 0.2) is 77.7 Å². The van der Waals surface area contributed by atoms with Crippen LogP contribution in [0.1, 0.15) is 21.5 Å². The molecule has 0 radical (unpaired) electrons. The molecule has 3 rings (SSSR count). The zero-order valence-electron chi connectivity index (χ0n) is 16.0. The number of rotatable bonds is 7. The Balaban J connectivity index is 1.74. The maximum Gasteiger partial charge on any atom is 0.297 e.